The molecule has 0 radical (unpaired) electrons. The van der Waals surface area contributed by atoms with Crippen molar-refractivity contribution in [3.8, 4) is 5.75 Å². The zero-order valence-corrected chi connectivity index (χ0v) is 21.3. The topological polar surface area (TPSA) is 138 Å². The average molecular weight is 524 g/mol. The number of aromatic nitrogens is 2. The quantitative estimate of drug-likeness (QED) is 0.389. The molecule has 200 valence electrons. The Hall–Kier alpha value is -4.09. The molecule has 1 aliphatic rings. The molecule has 4 N–H and O–H groups in total. The molecule has 4 rings (SSSR count). The van der Waals surface area contributed by atoms with E-state index in [0.717, 1.165) is 11.6 Å². The van der Waals surface area contributed by atoms with Gasteiger partial charge >= 0.3 is 0 Å². The minimum absolute atomic E-state index is 0.0563. The number of nitrogens with one attached hydrogen (secondary N) is 2. The van der Waals surface area contributed by atoms with Gasteiger partial charge in [-0.2, -0.15) is 0 Å². The molecule has 0 spiro atoms. The van der Waals surface area contributed by atoms with Gasteiger partial charge in [-0.05, 0) is 37.1 Å². The Balaban J connectivity index is 1.65. The van der Waals surface area contributed by atoms with Gasteiger partial charge in [0.2, 0.25) is 5.75 Å². The van der Waals surface area contributed by atoms with Crippen molar-refractivity contribution in [2.24, 2.45) is 5.73 Å². The molecular weight excluding hydrogens is 493 g/mol. The summed E-state index contributed by atoms with van der Waals surface area (Å²) in [4.78, 5) is 43.9. The number of nitrogens with two attached hydrogens (primary N) is 1. The molecule has 3 aromatic rings. The zero-order chi connectivity index (χ0) is 27.3. The van der Waals surface area contributed by atoms with Gasteiger partial charge in [0, 0.05) is 25.2 Å². The molecule has 2 heterocycles. The third-order valence-electron chi connectivity index (χ3n) is 6.07. The van der Waals surface area contributed by atoms with Crippen molar-refractivity contribution in [3.05, 3.63) is 92.9 Å². The van der Waals surface area contributed by atoms with Gasteiger partial charge in [0.15, 0.2) is 5.69 Å². The molecular formula is C27H30FN5O5. The lowest BCUT2D eigenvalue weighted by molar-refractivity contribution is -0.0567. The van der Waals surface area contributed by atoms with E-state index >= 15 is 0 Å². The number of fused-ring (bicyclic) bond motifs is 1. The fraction of sp³-hybridized carbons (Fsp3) is 0.333. The minimum atomic E-state index is -0.907. The maximum absolute atomic E-state index is 13.9. The van der Waals surface area contributed by atoms with Crippen molar-refractivity contribution in [2.75, 3.05) is 19.7 Å². The number of ether oxygens (including phenoxy) is 2. The molecule has 10 nitrogen and oxygen atoms in total. The first-order chi connectivity index (χ1) is 18.2. The molecule has 2 amide bonds. The predicted octanol–water partition coefficient (Wildman–Crippen LogP) is 1.85. The lowest BCUT2D eigenvalue weighted by Crippen LogP contribution is -2.43. The summed E-state index contributed by atoms with van der Waals surface area (Å²) in [6, 6.07) is 12.9. The van der Waals surface area contributed by atoms with E-state index in [1.54, 1.807) is 13.8 Å². The Bertz CT molecular complexity index is 1390. The van der Waals surface area contributed by atoms with Gasteiger partial charge in [0.05, 0.1) is 13.2 Å². The predicted molar refractivity (Wildman–Crippen MR) is 137 cm³/mol. The Kier molecular flexibility index (Phi) is 8.18. The molecule has 1 aromatic heterocycles. The van der Waals surface area contributed by atoms with Crippen LogP contribution in [0, 0.1) is 5.82 Å². The number of carbonyl (C=O) groups excluding carboxylic acids is 2. The van der Waals surface area contributed by atoms with Crippen molar-refractivity contribution in [2.45, 2.75) is 39.1 Å². The number of nitrogens with zero attached hydrogens (tertiary/aromatic N) is 2. The number of hydrogen-bond donors (Lipinski definition) is 3. The second-order valence-electron chi connectivity index (χ2n) is 9.23. The maximum Gasteiger partial charge on any atom is 0.296 e. The summed E-state index contributed by atoms with van der Waals surface area (Å²) >= 11 is 0. The molecule has 0 saturated carbocycles. The van der Waals surface area contributed by atoms with Gasteiger partial charge in [-0.15, -0.1) is 0 Å². The second kappa shape index (κ2) is 11.5. The molecule has 0 bridgehead atoms. The number of halogens is 1. The third-order valence-corrected chi connectivity index (χ3v) is 6.07. The summed E-state index contributed by atoms with van der Waals surface area (Å²) in [6.45, 7) is 4.48. The van der Waals surface area contributed by atoms with Crippen molar-refractivity contribution >= 4 is 11.8 Å². The molecule has 0 unspecified atom stereocenters. The number of carbonyl (C=O) groups is 2. The number of benzene rings is 2. The van der Waals surface area contributed by atoms with Crippen LogP contribution in [0.15, 0.2) is 53.3 Å². The Labute approximate surface area is 219 Å². The van der Waals surface area contributed by atoms with Crippen LogP contribution in [0.25, 0.3) is 0 Å². The third kappa shape index (κ3) is 5.90. The van der Waals surface area contributed by atoms with Crippen LogP contribution in [0.1, 0.15) is 51.6 Å². The lowest BCUT2D eigenvalue weighted by Gasteiger charge is -2.32. The molecule has 11 heteroatoms. The number of hydrogen-bond acceptors (Lipinski definition) is 7. The first-order valence-corrected chi connectivity index (χ1v) is 12.2. The van der Waals surface area contributed by atoms with Crippen LogP contribution in [0.3, 0.4) is 0 Å². The average Bonchev–Trinajstić information content (AvgIpc) is 2.90. The minimum Gasteiger partial charge on any atom is -0.481 e. The molecule has 0 fully saturated rings. The summed E-state index contributed by atoms with van der Waals surface area (Å²) in [5.74, 6) is -1.69. The highest BCUT2D eigenvalue weighted by Gasteiger charge is 2.35. The van der Waals surface area contributed by atoms with E-state index in [1.165, 1.54) is 16.7 Å². The Morgan fingerprint density at radius 2 is 1.92 bits per heavy atom. The molecule has 0 atom stereocenters. The molecule has 2 aromatic carbocycles. The van der Waals surface area contributed by atoms with Gasteiger partial charge in [0.1, 0.15) is 23.8 Å². The van der Waals surface area contributed by atoms with Crippen LogP contribution in [0.4, 0.5) is 4.39 Å². The molecule has 1 aliphatic heterocycles. The Morgan fingerprint density at radius 3 is 2.66 bits per heavy atom. The van der Waals surface area contributed by atoms with Crippen LogP contribution < -0.4 is 26.7 Å². The van der Waals surface area contributed by atoms with Gasteiger partial charge in [0.25, 0.3) is 17.4 Å². The largest absolute Gasteiger partial charge is 0.481 e. The van der Waals surface area contributed by atoms with Crippen LogP contribution in [0.2, 0.25) is 0 Å². The summed E-state index contributed by atoms with van der Waals surface area (Å²) in [6.07, 6.45) is 0. The summed E-state index contributed by atoms with van der Waals surface area (Å²) in [7, 11) is 0. The monoisotopic (exact) mass is 523 g/mol. The summed E-state index contributed by atoms with van der Waals surface area (Å²) in [5, 5.41) is 5.28. The van der Waals surface area contributed by atoms with Crippen molar-refractivity contribution in [3.63, 3.8) is 0 Å². The van der Waals surface area contributed by atoms with E-state index in [1.807, 2.05) is 30.3 Å². The van der Waals surface area contributed by atoms with E-state index in [0.29, 0.717) is 18.0 Å². The fourth-order valence-electron chi connectivity index (χ4n) is 4.13. The number of amides is 2. The van der Waals surface area contributed by atoms with Crippen LogP contribution >= 0.6 is 0 Å². The molecule has 0 saturated heterocycles. The lowest BCUT2D eigenvalue weighted by atomic mass is 10.1. The summed E-state index contributed by atoms with van der Waals surface area (Å²) < 4.78 is 27.0. The van der Waals surface area contributed by atoms with Crippen LogP contribution in [-0.4, -0.2) is 41.1 Å². The van der Waals surface area contributed by atoms with E-state index in [4.69, 9.17) is 15.2 Å². The highest BCUT2D eigenvalue weighted by Crippen LogP contribution is 2.28. The summed E-state index contributed by atoms with van der Waals surface area (Å²) in [5.41, 5.74) is 5.09. The maximum atomic E-state index is 13.9. The van der Waals surface area contributed by atoms with Crippen LogP contribution in [0.5, 0.6) is 5.75 Å². The number of rotatable bonds is 9. The van der Waals surface area contributed by atoms with Crippen molar-refractivity contribution in [1.29, 1.82) is 0 Å². The van der Waals surface area contributed by atoms with Gasteiger partial charge in [-0.25, -0.2) is 9.37 Å². The van der Waals surface area contributed by atoms with E-state index < -0.39 is 28.8 Å². The molecule has 38 heavy (non-hydrogen) atoms. The molecule has 0 aliphatic carbocycles. The highest BCUT2D eigenvalue weighted by molar-refractivity contribution is 5.97. The normalized spacial score (nSPS) is 13.9. The van der Waals surface area contributed by atoms with Gasteiger partial charge in [-0.1, -0.05) is 36.4 Å². The standard InChI is InChI=1S/C27H30FN5O5/c1-27(2)26-32-21(22(25(36)33(26)12-13-38-27)37-16-17-6-4-3-5-7-17)24(35)31-15-18-8-9-19(28)14-20(18)23(34)30-11-10-29/h3-9,14H,10-13,15-16,29H2,1-2H3,(H,30,34)(H,31,35). The zero-order valence-electron chi connectivity index (χ0n) is 21.3. The van der Waals surface area contributed by atoms with Crippen LogP contribution in [-0.2, 0) is 30.0 Å². The second-order valence-corrected chi connectivity index (χ2v) is 9.23. The van der Waals surface area contributed by atoms with Crippen molar-refractivity contribution < 1.29 is 23.5 Å². The van der Waals surface area contributed by atoms with E-state index in [-0.39, 0.29) is 49.8 Å². The fourth-order valence-corrected chi connectivity index (χ4v) is 4.13. The van der Waals surface area contributed by atoms with Gasteiger partial charge < -0.3 is 25.8 Å². The van der Waals surface area contributed by atoms with E-state index in [2.05, 4.69) is 15.6 Å². The van der Waals surface area contributed by atoms with E-state index in [9.17, 15) is 18.8 Å². The highest BCUT2D eigenvalue weighted by atomic mass is 19.1. The SMILES string of the molecule is CC1(C)OCCn2c1nc(C(=O)NCc1ccc(F)cc1C(=O)NCCN)c(OCc1ccccc1)c2=O. The van der Waals surface area contributed by atoms with Crippen molar-refractivity contribution in [1.82, 2.24) is 20.2 Å². The first kappa shape index (κ1) is 27.0. The van der Waals surface area contributed by atoms with Gasteiger partial charge in [-0.3, -0.25) is 19.0 Å². The Morgan fingerprint density at radius 1 is 1.16 bits per heavy atom. The smallest absolute Gasteiger partial charge is 0.296 e. The first-order valence-electron chi connectivity index (χ1n) is 12.2.